The fourth-order valence-electron chi connectivity index (χ4n) is 2.75. The SMILES string of the molecule is O=C(CN1CCOCC1)N/N=C/c1cc(Br)c(OCc2ccc(Cl)c(Cl)c2)c(Br)c1. The van der Waals surface area contributed by atoms with E-state index < -0.39 is 0 Å². The van der Waals surface area contributed by atoms with Crippen LogP contribution in [0.5, 0.6) is 5.75 Å². The lowest BCUT2D eigenvalue weighted by Gasteiger charge is -2.25. The third-order valence-electron chi connectivity index (χ3n) is 4.26. The number of nitrogens with one attached hydrogen (secondary N) is 1. The van der Waals surface area contributed by atoms with Crippen LogP contribution in [0.4, 0.5) is 0 Å². The Hall–Kier alpha value is -1.16. The highest BCUT2D eigenvalue weighted by Gasteiger charge is 2.14. The molecule has 0 radical (unpaired) electrons. The van der Waals surface area contributed by atoms with Crippen molar-refractivity contribution in [2.45, 2.75) is 6.61 Å². The highest BCUT2D eigenvalue weighted by Crippen LogP contribution is 2.35. The Balaban J connectivity index is 1.56. The second kappa shape index (κ2) is 11.5. The minimum Gasteiger partial charge on any atom is -0.487 e. The maximum absolute atomic E-state index is 12.0. The smallest absolute Gasteiger partial charge is 0.254 e. The summed E-state index contributed by atoms with van der Waals surface area (Å²) in [6.45, 7) is 3.44. The van der Waals surface area contributed by atoms with Gasteiger partial charge in [-0.05, 0) is 67.3 Å². The topological polar surface area (TPSA) is 63.2 Å². The molecule has 1 N–H and O–H groups in total. The van der Waals surface area contributed by atoms with Crippen LogP contribution in [0.1, 0.15) is 11.1 Å². The molecule has 0 spiro atoms. The molecule has 0 saturated carbocycles. The molecule has 10 heteroatoms. The molecule has 0 unspecified atom stereocenters. The van der Waals surface area contributed by atoms with Crippen molar-refractivity contribution in [2.24, 2.45) is 5.10 Å². The lowest BCUT2D eigenvalue weighted by molar-refractivity contribution is -0.123. The van der Waals surface area contributed by atoms with Gasteiger partial charge in [0, 0.05) is 13.1 Å². The molecule has 160 valence electrons. The van der Waals surface area contributed by atoms with Gasteiger partial charge in [0.05, 0.1) is 45.0 Å². The van der Waals surface area contributed by atoms with E-state index in [1.807, 2.05) is 23.1 Å². The number of benzene rings is 2. The van der Waals surface area contributed by atoms with Gasteiger partial charge < -0.3 is 9.47 Å². The molecule has 1 fully saturated rings. The lowest BCUT2D eigenvalue weighted by atomic mass is 10.2. The Morgan fingerprint density at radius 1 is 1.17 bits per heavy atom. The largest absolute Gasteiger partial charge is 0.487 e. The van der Waals surface area contributed by atoms with Gasteiger partial charge in [-0.25, -0.2) is 5.43 Å². The Labute approximate surface area is 201 Å². The van der Waals surface area contributed by atoms with Crippen molar-refractivity contribution in [1.82, 2.24) is 10.3 Å². The number of carbonyl (C=O) groups excluding carboxylic acids is 1. The summed E-state index contributed by atoms with van der Waals surface area (Å²) in [5.74, 6) is 0.488. The summed E-state index contributed by atoms with van der Waals surface area (Å²) >= 11 is 19.0. The predicted octanol–water partition coefficient (Wildman–Crippen LogP) is 4.88. The van der Waals surface area contributed by atoms with Crippen molar-refractivity contribution >= 4 is 67.2 Å². The number of hydrogen-bond donors (Lipinski definition) is 1. The van der Waals surface area contributed by atoms with E-state index >= 15 is 0 Å². The average molecular weight is 580 g/mol. The molecule has 1 aliphatic rings. The minimum absolute atomic E-state index is 0.159. The highest BCUT2D eigenvalue weighted by atomic mass is 79.9. The first kappa shape index (κ1) is 23.5. The van der Waals surface area contributed by atoms with E-state index in [1.54, 1.807) is 18.3 Å². The van der Waals surface area contributed by atoms with Crippen molar-refractivity contribution in [3.63, 3.8) is 0 Å². The number of nitrogens with zero attached hydrogens (tertiary/aromatic N) is 2. The van der Waals surface area contributed by atoms with Gasteiger partial charge in [-0.3, -0.25) is 9.69 Å². The standard InChI is InChI=1S/C20H19Br2Cl2N3O3/c21-15-7-14(10-25-26-19(28)11-27-3-5-29-6-4-27)8-16(22)20(15)30-12-13-1-2-17(23)18(24)9-13/h1-2,7-10H,3-6,11-12H2,(H,26,28)/b25-10+. The van der Waals surface area contributed by atoms with Crippen LogP contribution in [0.25, 0.3) is 0 Å². The number of morpholine rings is 1. The number of hydrogen-bond acceptors (Lipinski definition) is 5. The molecule has 3 rings (SSSR count). The zero-order valence-corrected chi connectivity index (χ0v) is 20.5. The monoisotopic (exact) mass is 577 g/mol. The molecular weight excluding hydrogens is 561 g/mol. The molecule has 1 heterocycles. The van der Waals surface area contributed by atoms with Gasteiger partial charge in [0.2, 0.25) is 0 Å². The molecule has 2 aromatic rings. The van der Waals surface area contributed by atoms with Crippen LogP contribution < -0.4 is 10.2 Å². The van der Waals surface area contributed by atoms with Gasteiger partial charge in [-0.2, -0.15) is 5.10 Å². The van der Waals surface area contributed by atoms with Gasteiger partial charge in [-0.1, -0.05) is 29.3 Å². The summed E-state index contributed by atoms with van der Waals surface area (Å²) in [5.41, 5.74) is 4.24. The normalized spacial score (nSPS) is 14.8. The second-order valence-electron chi connectivity index (χ2n) is 6.53. The fourth-order valence-corrected chi connectivity index (χ4v) is 4.52. The number of rotatable bonds is 7. The zero-order chi connectivity index (χ0) is 21.5. The Bertz CT molecular complexity index is 915. The van der Waals surface area contributed by atoms with E-state index in [0.717, 1.165) is 33.2 Å². The first-order chi connectivity index (χ1) is 14.4. The number of ether oxygens (including phenoxy) is 2. The van der Waals surface area contributed by atoms with Gasteiger partial charge in [0.1, 0.15) is 12.4 Å². The summed E-state index contributed by atoms with van der Waals surface area (Å²) in [5, 5.41) is 5.03. The molecule has 0 aliphatic carbocycles. The molecule has 1 saturated heterocycles. The maximum atomic E-state index is 12.0. The van der Waals surface area contributed by atoms with Crippen LogP contribution in [0, 0.1) is 0 Å². The number of halogens is 4. The molecule has 30 heavy (non-hydrogen) atoms. The highest BCUT2D eigenvalue weighted by molar-refractivity contribution is 9.11. The van der Waals surface area contributed by atoms with Crippen molar-refractivity contribution in [3.8, 4) is 5.75 Å². The third kappa shape index (κ3) is 6.93. The average Bonchev–Trinajstić information content (AvgIpc) is 2.71. The van der Waals surface area contributed by atoms with E-state index in [-0.39, 0.29) is 5.91 Å². The summed E-state index contributed by atoms with van der Waals surface area (Å²) in [4.78, 5) is 14.0. The van der Waals surface area contributed by atoms with Gasteiger partial charge in [-0.15, -0.1) is 0 Å². The van der Waals surface area contributed by atoms with Crippen molar-refractivity contribution in [3.05, 3.63) is 60.4 Å². The molecule has 2 aromatic carbocycles. The second-order valence-corrected chi connectivity index (χ2v) is 9.06. The lowest BCUT2D eigenvalue weighted by Crippen LogP contribution is -2.42. The Morgan fingerprint density at radius 2 is 1.87 bits per heavy atom. The molecule has 6 nitrogen and oxygen atoms in total. The van der Waals surface area contributed by atoms with E-state index in [2.05, 4.69) is 42.4 Å². The summed E-state index contributed by atoms with van der Waals surface area (Å²) in [7, 11) is 0. The van der Waals surface area contributed by atoms with E-state index in [4.69, 9.17) is 32.7 Å². The fraction of sp³-hybridized carbons (Fsp3) is 0.300. The Morgan fingerprint density at radius 3 is 2.53 bits per heavy atom. The summed E-state index contributed by atoms with van der Waals surface area (Å²) in [6, 6.07) is 9.07. The van der Waals surface area contributed by atoms with Crippen LogP contribution in [-0.4, -0.2) is 49.9 Å². The molecule has 1 amide bonds. The number of amides is 1. The van der Waals surface area contributed by atoms with Crippen molar-refractivity contribution in [1.29, 1.82) is 0 Å². The summed E-state index contributed by atoms with van der Waals surface area (Å²) in [6.07, 6.45) is 1.58. The van der Waals surface area contributed by atoms with Crippen LogP contribution >= 0.6 is 55.1 Å². The zero-order valence-electron chi connectivity index (χ0n) is 15.8. The Kier molecular flexibility index (Phi) is 8.98. The van der Waals surface area contributed by atoms with Gasteiger partial charge in [0.25, 0.3) is 5.91 Å². The number of hydrazone groups is 1. The first-order valence-electron chi connectivity index (χ1n) is 9.10. The quantitative estimate of drug-likeness (QED) is 0.375. The summed E-state index contributed by atoms with van der Waals surface area (Å²) < 4.78 is 12.7. The van der Waals surface area contributed by atoms with E-state index in [1.165, 1.54) is 0 Å². The predicted molar refractivity (Wildman–Crippen MR) is 126 cm³/mol. The minimum atomic E-state index is -0.159. The van der Waals surface area contributed by atoms with Crippen LogP contribution in [0.2, 0.25) is 10.0 Å². The molecule has 0 aromatic heterocycles. The van der Waals surface area contributed by atoms with Gasteiger partial charge in [0.15, 0.2) is 0 Å². The van der Waals surface area contributed by atoms with Crippen LogP contribution in [-0.2, 0) is 16.1 Å². The van der Waals surface area contributed by atoms with Crippen LogP contribution in [0.15, 0.2) is 44.4 Å². The first-order valence-corrected chi connectivity index (χ1v) is 11.4. The third-order valence-corrected chi connectivity index (χ3v) is 6.18. The van der Waals surface area contributed by atoms with Crippen molar-refractivity contribution in [2.75, 3.05) is 32.8 Å². The molecular formula is C20H19Br2Cl2N3O3. The number of carbonyl (C=O) groups is 1. The molecule has 0 atom stereocenters. The van der Waals surface area contributed by atoms with E-state index in [9.17, 15) is 4.79 Å². The maximum Gasteiger partial charge on any atom is 0.254 e. The molecule has 1 aliphatic heterocycles. The van der Waals surface area contributed by atoms with Crippen molar-refractivity contribution < 1.29 is 14.3 Å². The van der Waals surface area contributed by atoms with Gasteiger partial charge >= 0.3 is 0 Å². The van der Waals surface area contributed by atoms with E-state index in [0.29, 0.717) is 42.2 Å². The van der Waals surface area contributed by atoms with Crippen LogP contribution in [0.3, 0.4) is 0 Å². The molecule has 0 bridgehead atoms.